The zero-order valence-electron chi connectivity index (χ0n) is 12.2. The number of nitrogens with two attached hydrogens (primary N) is 1. The average Bonchev–Trinajstić information content (AvgIpc) is 2.81. The van der Waals surface area contributed by atoms with Crippen LogP contribution in [0.3, 0.4) is 0 Å². The van der Waals surface area contributed by atoms with Crippen molar-refractivity contribution < 1.29 is 14.3 Å². The van der Waals surface area contributed by atoms with E-state index in [0.29, 0.717) is 22.9 Å². The van der Waals surface area contributed by atoms with Crippen LogP contribution in [0, 0.1) is 0 Å². The van der Waals surface area contributed by atoms with Crippen molar-refractivity contribution in [1.29, 1.82) is 0 Å². The summed E-state index contributed by atoms with van der Waals surface area (Å²) in [6.45, 7) is 2.10. The molecule has 0 atom stereocenters. The monoisotopic (exact) mass is 306 g/mol. The number of hydrogen-bond acceptors (Lipinski definition) is 6. The molecule has 21 heavy (non-hydrogen) atoms. The maximum absolute atomic E-state index is 11.5. The second-order valence-electron chi connectivity index (χ2n) is 4.47. The van der Waals surface area contributed by atoms with Crippen LogP contribution in [0.1, 0.15) is 22.2 Å². The van der Waals surface area contributed by atoms with Gasteiger partial charge >= 0.3 is 0 Å². The van der Waals surface area contributed by atoms with Crippen LogP contribution >= 0.6 is 11.3 Å². The third-order valence-electron chi connectivity index (χ3n) is 3.04. The lowest BCUT2D eigenvalue weighted by Crippen LogP contribution is -2.00. The van der Waals surface area contributed by atoms with Crippen LogP contribution in [0.5, 0.6) is 11.5 Å². The molecule has 6 heteroatoms. The summed E-state index contributed by atoms with van der Waals surface area (Å²) in [6.07, 6.45) is 0. The van der Waals surface area contributed by atoms with E-state index in [1.807, 2.05) is 24.3 Å². The molecule has 0 aliphatic rings. The Bertz CT molecular complexity index is 635. The van der Waals surface area contributed by atoms with Crippen molar-refractivity contribution in [3.63, 3.8) is 0 Å². The van der Waals surface area contributed by atoms with Crippen molar-refractivity contribution in [2.45, 2.75) is 13.5 Å². The summed E-state index contributed by atoms with van der Waals surface area (Å²) >= 11 is 1.31. The highest BCUT2D eigenvalue weighted by atomic mass is 32.1. The second kappa shape index (κ2) is 6.49. The number of hydrogen-bond donors (Lipinski definition) is 2. The lowest BCUT2D eigenvalue weighted by atomic mass is 10.2. The van der Waals surface area contributed by atoms with E-state index in [9.17, 15) is 4.79 Å². The largest absolute Gasteiger partial charge is 0.497 e. The van der Waals surface area contributed by atoms with Crippen LogP contribution in [-0.4, -0.2) is 20.0 Å². The molecule has 0 spiro atoms. The molecule has 0 fully saturated rings. The van der Waals surface area contributed by atoms with Gasteiger partial charge in [0.2, 0.25) is 0 Å². The van der Waals surface area contributed by atoms with Gasteiger partial charge in [0.15, 0.2) is 11.5 Å². The van der Waals surface area contributed by atoms with Crippen LogP contribution in [0.25, 0.3) is 0 Å². The quantitative estimate of drug-likeness (QED) is 0.802. The molecule has 3 N–H and O–H groups in total. The maximum atomic E-state index is 11.5. The fourth-order valence-electron chi connectivity index (χ4n) is 1.94. The molecule has 0 saturated heterocycles. The Labute approximate surface area is 127 Å². The summed E-state index contributed by atoms with van der Waals surface area (Å²) in [6, 6.07) is 7.75. The number of nitrogen functional groups attached to an aromatic ring is 1. The van der Waals surface area contributed by atoms with Crippen LogP contribution in [-0.2, 0) is 6.54 Å². The first kappa shape index (κ1) is 15.2. The number of Topliss-reactive ketones (excluding diaryl/α,β-unsaturated/α-hetero) is 1. The normalized spacial score (nSPS) is 10.2. The number of thiophene rings is 1. The number of methoxy groups -OCH3 is 2. The number of rotatable bonds is 6. The van der Waals surface area contributed by atoms with Crippen LogP contribution in [0.2, 0.25) is 0 Å². The van der Waals surface area contributed by atoms with Crippen LogP contribution in [0.4, 0.5) is 10.7 Å². The van der Waals surface area contributed by atoms with Gasteiger partial charge in [0.05, 0.1) is 24.8 Å². The van der Waals surface area contributed by atoms with Gasteiger partial charge in [-0.05, 0) is 17.7 Å². The molecule has 2 rings (SSSR count). The first-order valence-corrected chi connectivity index (χ1v) is 7.22. The summed E-state index contributed by atoms with van der Waals surface area (Å²) < 4.78 is 10.4. The minimum atomic E-state index is -0.0618. The van der Waals surface area contributed by atoms with Crippen LogP contribution in [0.15, 0.2) is 24.3 Å². The zero-order chi connectivity index (χ0) is 15.4. The van der Waals surface area contributed by atoms with E-state index >= 15 is 0 Å². The van der Waals surface area contributed by atoms with Gasteiger partial charge in [0.1, 0.15) is 10.8 Å². The predicted molar refractivity (Wildman–Crippen MR) is 85.6 cm³/mol. The van der Waals surface area contributed by atoms with Gasteiger partial charge in [-0.3, -0.25) is 4.79 Å². The molecular weight excluding hydrogens is 288 g/mol. The van der Waals surface area contributed by atoms with Crippen molar-refractivity contribution in [2.24, 2.45) is 0 Å². The van der Waals surface area contributed by atoms with E-state index in [1.165, 1.54) is 18.3 Å². The second-order valence-corrected chi connectivity index (χ2v) is 5.49. The lowest BCUT2D eigenvalue weighted by molar-refractivity contribution is 0.102. The highest BCUT2D eigenvalue weighted by Crippen LogP contribution is 2.42. The molecule has 0 aliphatic carbocycles. The highest BCUT2D eigenvalue weighted by molar-refractivity contribution is 7.19. The fourth-order valence-corrected chi connectivity index (χ4v) is 2.92. The van der Waals surface area contributed by atoms with Gasteiger partial charge in [-0.2, -0.15) is 0 Å². The predicted octanol–water partition coefficient (Wildman–Crippen LogP) is 3.16. The van der Waals surface area contributed by atoms with Crippen molar-refractivity contribution in [1.82, 2.24) is 0 Å². The first-order chi connectivity index (χ1) is 10.1. The molecule has 0 aliphatic heterocycles. The smallest absolute Gasteiger partial charge is 0.176 e. The maximum Gasteiger partial charge on any atom is 0.176 e. The first-order valence-electron chi connectivity index (χ1n) is 6.40. The summed E-state index contributed by atoms with van der Waals surface area (Å²) in [5, 5.41) is 4.01. The summed E-state index contributed by atoms with van der Waals surface area (Å²) in [4.78, 5) is 12.0. The molecule has 1 aromatic carbocycles. The number of carbonyl (C=O) groups excluding carboxylic acids is 1. The fraction of sp³-hybridized carbons (Fsp3) is 0.267. The zero-order valence-corrected chi connectivity index (χ0v) is 13.0. The third-order valence-corrected chi connectivity index (χ3v) is 4.28. The summed E-state index contributed by atoms with van der Waals surface area (Å²) in [5.41, 5.74) is 7.42. The Morgan fingerprint density at radius 1 is 1.24 bits per heavy atom. The SMILES string of the molecule is COc1ccc(CNc2sc(C(C)=O)c(N)c2OC)cc1. The van der Waals surface area contributed by atoms with E-state index in [1.54, 1.807) is 14.2 Å². The number of benzene rings is 1. The topological polar surface area (TPSA) is 73.6 Å². The number of ketones is 1. The molecule has 1 heterocycles. The Morgan fingerprint density at radius 3 is 2.43 bits per heavy atom. The molecular formula is C15H18N2O3S. The van der Waals surface area contributed by atoms with E-state index < -0.39 is 0 Å². The number of carbonyl (C=O) groups is 1. The molecule has 2 aromatic rings. The van der Waals surface area contributed by atoms with Crippen molar-refractivity contribution >= 4 is 27.8 Å². The Kier molecular flexibility index (Phi) is 4.70. The van der Waals surface area contributed by atoms with Gasteiger partial charge in [-0.25, -0.2) is 0 Å². The molecule has 5 nitrogen and oxygen atoms in total. The minimum Gasteiger partial charge on any atom is -0.497 e. The number of nitrogens with one attached hydrogen (secondary N) is 1. The number of anilines is 2. The van der Waals surface area contributed by atoms with Gasteiger partial charge in [-0.1, -0.05) is 12.1 Å². The van der Waals surface area contributed by atoms with Gasteiger partial charge in [-0.15, -0.1) is 11.3 Å². The number of ether oxygens (including phenoxy) is 2. The van der Waals surface area contributed by atoms with Gasteiger partial charge in [0, 0.05) is 13.5 Å². The van der Waals surface area contributed by atoms with Gasteiger partial charge in [0.25, 0.3) is 0 Å². The molecule has 0 amide bonds. The van der Waals surface area contributed by atoms with E-state index in [2.05, 4.69) is 5.32 Å². The standard InChI is InChI=1S/C15H18N2O3S/c1-9(18)14-12(16)13(20-3)15(21-14)17-8-10-4-6-11(19-2)7-5-10/h4-7,17H,8,16H2,1-3H3. The molecule has 1 aromatic heterocycles. The molecule has 0 unspecified atom stereocenters. The Morgan fingerprint density at radius 2 is 1.90 bits per heavy atom. The molecule has 112 valence electrons. The molecule has 0 bridgehead atoms. The third kappa shape index (κ3) is 3.28. The van der Waals surface area contributed by atoms with Crippen molar-refractivity contribution in [3.8, 4) is 11.5 Å². The van der Waals surface area contributed by atoms with Crippen LogP contribution < -0.4 is 20.5 Å². The highest BCUT2D eigenvalue weighted by Gasteiger charge is 2.19. The van der Waals surface area contributed by atoms with E-state index in [-0.39, 0.29) is 5.78 Å². The van der Waals surface area contributed by atoms with E-state index in [0.717, 1.165) is 16.3 Å². The van der Waals surface area contributed by atoms with Crippen molar-refractivity contribution in [3.05, 3.63) is 34.7 Å². The molecule has 0 saturated carbocycles. The molecule has 0 radical (unpaired) electrons. The van der Waals surface area contributed by atoms with Gasteiger partial charge < -0.3 is 20.5 Å². The Balaban J connectivity index is 2.15. The van der Waals surface area contributed by atoms with E-state index in [4.69, 9.17) is 15.2 Å². The van der Waals surface area contributed by atoms with Crippen molar-refractivity contribution in [2.75, 3.05) is 25.3 Å². The summed E-state index contributed by atoms with van der Waals surface area (Å²) in [5.74, 6) is 1.28. The summed E-state index contributed by atoms with van der Waals surface area (Å²) in [7, 11) is 3.18. The minimum absolute atomic E-state index is 0.0618. The lowest BCUT2D eigenvalue weighted by Gasteiger charge is -2.07. The Hall–Kier alpha value is -2.21. The average molecular weight is 306 g/mol.